The average molecular weight is 335 g/mol. The summed E-state index contributed by atoms with van der Waals surface area (Å²) in [5.74, 6) is 0. The Balaban J connectivity index is 1.70. The van der Waals surface area contributed by atoms with Crippen LogP contribution in [0.3, 0.4) is 0 Å². The van der Waals surface area contributed by atoms with E-state index in [2.05, 4.69) is 70.9 Å². The third-order valence-corrected chi connectivity index (χ3v) is 4.32. The summed E-state index contributed by atoms with van der Waals surface area (Å²) in [4.78, 5) is 6.34. The zero-order chi connectivity index (χ0) is 17.6. The van der Waals surface area contributed by atoms with E-state index in [0.29, 0.717) is 6.04 Å². The molecule has 5 nitrogen and oxygen atoms in total. The van der Waals surface area contributed by atoms with E-state index in [9.17, 15) is 0 Å². The zero-order valence-electron chi connectivity index (χ0n) is 15.1. The van der Waals surface area contributed by atoms with Gasteiger partial charge in [0.25, 0.3) is 0 Å². The van der Waals surface area contributed by atoms with Gasteiger partial charge in [0.2, 0.25) is 0 Å². The van der Waals surface area contributed by atoms with Crippen LogP contribution in [0.1, 0.15) is 17.2 Å². The molecular formula is C20H25N5. The maximum Gasteiger partial charge on any atom is 0.0969 e. The first kappa shape index (κ1) is 17.3. The molecule has 0 bridgehead atoms. The number of hydrogen-bond donors (Lipinski definition) is 1. The normalized spacial score (nSPS) is 12.5. The molecule has 1 aromatic carbocycles. The first-order valence-corrected chi connectivity index (χ1v) is 8.50. The molecule has 2 heterocycles. The van der Waals surface area contributed by atoms with Crippen LogP contribution < -0.4 is 5.32 Å². The Labute approximate surface area is 149 Å². The molecule has 0 saturated heterocycles. The van der Waals surface area contributed by atoms with Crippen LogP contribution in [-0.4, -0.2) is 40.3 Å². The molecule has 3 aromatic rings. The van der Waals surface area contributed by atoms with Gasteiger partial charge in [0.15, 0.2) is 0 Å². The summed E-state index contributed by atoms with van der Waals surface area (Å²) in [5, 5.41) is 8.20. The number of aryl methyl sites for hydroxylation is 1. The largest absolute Gasteiger partial charge is 0.311 e. The maximum atomic E-state index is 4.61. The Morgan fingerprint density at radius 1 is 1.08 bits per heavy atom. The molecule has 0 amide bonds. The molecule has 0 unspecified atom stereocenters. The van der Waals surface area contributed by atoms with Crippen LogP contribution in [0.15, 0.2) is 61.1 Å². The highest BCUT2D eigenvalue weighted by molar-refractivity contribution is 5.61. The van der Waals surface area contributed by atoms with E-state index in [1.807, 2.05) is 23.9 Å². The molecule has 0 saturated carbocycles. The third-order valence-electron chi connectivity index (χ3n) is 4.32. The predicted molar refractivity (Wildman–Crippen MR) is 101 cm³/mol. The molecule has 0 aliphatic heterocycles. The van der Waals surface area contributed by atoms with Gasteiger partial charge in [0.1, 0.15) is 0 Å². The van der Waals surface area contributed by atoms with E-state index < -0.39 is 0 Å². The Hall–Kier alpha value is -2.50. The predicted octanol–water partition coefficient (Wildman–Crippen LogP) is 2.87. The molecule has 2 aromatic heterocycles. The van der Waals surface area contributed by atoms with Gasteiger partial charge in [-0.05, 0) is 31.8 Å². The summed E-state index contributed by atoms with van der Waals surface area (Å²) in [6, 6.07) is 14.9. The van der Waals surface area contributed by atoms with Gasteiger partial charge >= 0.3 is 0 Å². The smallest absolute Gasteiger partial charge is 0.0969 e. The molecule has 5 heteroatoms. The van der Waals surface area contributed by atoms with Gasteiger partial charge in [-0.25, -0.2) is 0 Å². The first-order chi connectivity index (χ1) is 12.1. The van der Waals surface area contributed by atoms with Crippen molar-refractivity contribution in [3.8, 4) is 11.3 Å². The van der Waals surface area contributed by atoms with E-state index in [4.69, 9.17) is 0 Å². The highest BCUT2D eigenvalue weighted by Gasteiger charge is 2.15. The molecular weight excluding hydrogens is 310 g/mol. The standard InChI is InChI=1S/C20H25N5/c1-24(2)19(16-7-5-4-6-8-16)14-22-13-18-15-25(3)23-20(18)17-9-11-21-12-10-17/h4-12,15,19,22H,13-14H2,1-3H3/t19-/m1/s1. The van der Waals surface area contributed by atoms with Crippen molar-refractivity contribution in [2.24, 2.45) is 7.05 Å². The number of aromatic nitrogens is 3. The van der Waals surface area contributed by atoms with Crippen LogP contribution in [-0.2, 0) is 13.6 Å². The topological polar surface area (TPSA) is 46.0 Å². The molecule has 130 valence electrons. The summed E-state index contributed by atoms with van der Waals surface area (Å²) in [6.07, 6.45) is 5.69. The number of rotatable bonds is 7. The van der Waals surface area contributed by atoms with Crippen molar-refractivity contribution in [3.05, 3.63) is 72.2 Å². The number of likely N-dealkylation sites (N-methyl/N-ethyl adjacent to an activating group) is 1. The lowest BCUT2D eigenvalue weighted by molar-refractivity contribution is 0.288. The van der Waals surface area contributed by atoms with E-state index in [1.165, 1.54) is 11.1 Å². The van der Waals surface area contributed by atoms with Crippen molar-refractivity contribution in [2.45, 2.75) is 12.6 Å². The number of pyridine rings is 1. The minimum Gasteiger partial charge on any atom is -0.311 e. The highest BCUT2D eigenvalue weighted by Crippen LogP contribution is 2.21. The van der Waals surface area contributed by atoms with Crippen molar-refractivity contribution < 1.29 is 0 Å². The molecule has 1 N–H and O–H groups in total. The van der Waals surface area contributed by atoms with Crippen LogP contribution in [0.25, 0.3) is 11.3 Å². The number of benzene rings is 1. The number of nitrogens with zero attached hydrogens (tertiary/aromatic N) is 4. The van der Waals surface area contributed by atoms with Gasteiger partial charge in [0, 0.05) is 55.9 Å². The van der Waals surface area contributed by atoms with E-state index >= 15 is 0 Å². The van der Waals surface area contributed by atoms with Gasteiger partial charge in [-0.1, -0.05) is 30.3 Å². The first-order valence-electron chi connectivity index (χ1n) is 8.50. The zero-order valence-corrected chi connectivity index (χ0v) is 15.1. The molecule has 0 fully saturated rings. The fourth-order valence-corrected chi connectivity index (χ4v) is 3.04. The Morgan fingerprint density at radius 3 is 2.48 bits per heavy atom. The number of nitrogens with one attached hydrogen (secondary N) is 1. The van der Waals surface area contributed by atoms with Crippen molar-refractivity contribution >= 4 is 0 Å². The minimum absolute atomic E-state index is 0.335. The molecule has 0 radical (unpaired) electrons. The molecule has 0 aliphatic carbocycles. The Kier molecular flexibility index (Phi) is 5.58. The summed E-state index contributed by atoms with van der Waals surface area (Å²) in [7, 11) is 6.19. The second-order valence-corrected chi connectivity index (χ2v) is 6.43. The van der Waals surface area contributed by atoms with E-state index in [1.54, 1.807) is 12.4 Å². The molecule has 3 rings (SSSR count). The Bertz CT molecular complexity index is 780. The summed E-state index contributed by atoms with van der Waals surface area (Å²) in [6.45, 7) is 1.66. The van der Waals surface area contributed by atoms with Crippen molar-refractivity contribution in [3.63, 3.8) is 0 Å². The van der Waals surface area contributed by atoms with Crippen LogP contribution in [0, 0.1) is 0 Å². The summed E-state index contributed by atoms with van der Waals surface area (Å²) in [5.41, 5.74) is 4.62. The monoisotopic (exact) mass is 335 g/mol. The molecule has 0 spiro atoms. The number of hydrogen-bond acceptors (Lipinski definition) is 4. The summed E-state index contributed by atoms with van der Waals surface area (Å²) >= 11 is 0. The second kappa shape index (κ2) is 8.05. The quantitative estimate of drug-likeness (QED) is 0.721. The lowest BCUT2D eigenvalue weighted by Gasteiger charge is -2.25. The lowest BCUT2D eigenvalue weighted by atomic mass is 10.1. The van der Waals surface area contributed by atoms with Crippen LogP contribution in [0.4, 0.5) is 0 Å². The maximum absolute atomic E-state index is 4.61. The summed E-state index contributed by atoms with van der Waals surface area (Å²) < 4.78 is 1.87. The lowest BCUT2D eigenvalue weighted by Crippen LogP contribution is -2.30. The minimum atomic E-state index is 0.335. The average Bonchev–Trinajstić information content (AvgIpc) is 3.00. The van der Waals surface area contributed by atoms with Crippen molar-refractivity contribution in [2.75, 3.05) is 20.6 Å². The van der Waals surface area contributed by atoms with Crippen LogP contribution in [0.5, 0.6) is 0 Å². The van der Waals surface area contributed by atoms with Gasteiger partial charge in [-0.15, -0.1) is 0 Å². The van der Waals surface area contributed by atoms with Gasteiger partial charge in [0.05, 0.1) is 5.69 Å². The van der Waals surface area contributed by atoms with Gasteiger partial charge in [-0.3, -0.25) is 9.67 Å². The van der Waals surface area contributed by atoms with Crippen LogP contribution >= 0.6 is 0 Å². The van der Waals surface area contributed by atoms with Gasteiger partial charge in [-0.2, -0.15) is 5.10 Å². The SMILES string of the molecule is CN(C)[C@H](CNCc1cn(C)nc1-c1ccncc1)c1ccccc1. The second-order valence-electron chi connectivity index (χ2n) is 6.43. The van der Waals surface area contributed by atoms with E-state index in [-0.39, 0.29) is 0 Å². The Morgan fingerprint density at radius 2 is 1.80 bits per heavy atom. The van der Waals surface area contributed by atoms with Gasteiger partial charge < -0.3 is 10.2 Å². The van der Waals surface area contributed by atoms with Crippen molar-refractivity contribution in [1.29, 1.82) is 0 Å². The molecule has 25 heavy (non-hydrogen) atoms. The fourth-order valence-electron chi connectivity index (χ4n) is 3.04. The van der Waals surface area contributed by atoms with Crippen LogP contribution in [0.2, 0.25) is 0 Å². The third kappa shape index (κ3) is 4.32. The fraction of sp³-hybridized carbons (Fsp3) is 0.300. The molecule has 0 aliphatic rings. The highest BCUT2D eigenvalue weighted by atomic mass is 15.3. The van der Waals surface area contributed by atoms with Crippen molar-refractivity contribution in [1.82, 2.24) is 25.0 Å². The molecule has 1 atom stereocenters. The van der Waals surface area contributed by atoms with E-state index in [0.717, 1.165) is 24.3 Å².